The van der Waals surface area contributed by atoms with Gasteiger partial charge in [-0.25, -0.2) is 9.67 Å². The van der Waals surface area contributed by atoms with E-state index in [1.165, 1.54) is 17.7 Å². The summed E-state index contributed by atoms with van der Waals surface area (Å²) >= 11 is 7.65. The molecule has 1 fully saturated rings. The topological polar surface area (TPSA) is 80.0 Å². The number of benzene rings is 1. The van der Waals surface area contributed by atoms with Crippen LogP contribution in [0.1, 0.15) is 47.6 Å². The first-order valence-corrected chi connectivity index (χ1v) is 9.95. The molecule has 1 aromatic carbocycles. The SMILES string of the molecule is C[C@H](C(=O)Nc1ncc(C2CC2)s1)c1cnn(-c2cc(Cl)cc(CO)c2)c1. The number of hydrogen-bond acceptors (Lipinski definition) is 5. The number of aliphatic hydroxyl groups is 1. The first kappa shape index (κ1) is 18.2. The van der Waals surface area contributed by atoms with E-state index < -0.39 is 0 Å². The Morgan fingerprint density at radius 1 is 1.41 bits per heavy atom. The van der Waals surface area contributed by atoms with Gasteiger partial charge >= 0.3 is 0 Å². The van der Waals surface area contributed by atoms with Crippen LogP contribution in [-0.2, 0) is 11.4 Å². The van der Waals surface area contributed by atoms with E-state index in [2.05, 4.69) is 15.4 Å². The third-order valence-corrected chi connectivity index (χ3v) is 5.91. The molecular weight excluding hydrogens is 384 g/mol. The maximum Gasteiger partial charge on any atom is 0.233 e. The number of anilines is 1. The number of rotatable bonds is 6. The Hall–Kier alpha value is -2.22. The molecular formula is C19H19ClN4O2S. The fraction of sp³-hybridized carbons (Fsp3) is 0.316. The molecule has 2 aromatic heterocycles. The third kappa shape index (κ3) is 4.05. The van der Waals surface area contributed by atoms with Gasteiger partial charge in [-0.2, -0.15) is 5.10 Å². The summed E-state index contributed by atoms with van der Waals surface area (Å²) in [4.78, 5) is 18.1. The lowest BCUT2D eigenvalue weighted by atomic mass is 10.1. The van der Waals surface area contributed by atoms with Crippen molar-refractivity contribution >= 4 is 34.0 Å². The van der Waals surface area contributed by atoms with E-state index in [-0.39, 0.29) is 18.4 Å². The summed E-state index contributed by atoms with van der Waals surface area (Å²) in [7, 11) is 0. The molecule has 3 aromatic rings. The molecule has 0 radical (unpaired) electrons. The van der Waals surface area contributed by atoms with E-state index in [0.717, 1.165) is 11.3 Å². The van der Waals surface area contributed by atoms with Crippen molar-refractivity contribution in [3.63, 3.8) is 0 Å². The fourth-order valence-corrected chi connectivity index (χ4v) is 4.06. The number of amides is 1. The zero-order valence-corrected chi connectivity index (χ0v) is 16.3. The van der Waals surface area contributed by atoms with Crippen molar-refractivity contribution in [2.45, 2.75) is 38.2 Å². The van der Waals surface area contributed by atoms with Crippen LogP contribution in [0.2, 0.25) is 5.02 Å². The highest BCUT2D eigenvalue weighted by Crippen LogP contribution is 2.43. The van der Waals surface area contributed by atoms with Gasteiger partial charge in [0, 0.05) is 27.9 Å². The van der Waals surface area contributed by atoms with Crippen molar-refractivity contribution < 1.29 is 9.90 Å². The Morgan fingerprint density at radius 3 is 2.96 bits per heavy atom. The lowest BCUT2D eigenvalue weighted by molar-refractivity contribution is -0.117. The third-order valence-electron chi connectivity index (χ3n) is 4.62. The van der Waals surface area contributed by atoms with Gasteiger partial charge in [0.2, 0.25) is 5.91 Å². The monoisotopic (exact) mass is 402 g/mol. The summed E-state index contributed by atoms with van der Waals surface area (Å²) in [6.07, 6.45) is 7.76. The number of nitrogens with zero attached hydrogens (tertiary/aromatic N) is 3. The van der Waals surface area contributed by atoms with Gasteiger partial charge in [-0.15, -0.1) is 11.3 Å². The van der Waals surface area contributed by atoms with E-state index in [0.29, 0.717) is 21.6 Å². The number of aromatic nitrogens is 3. The molecule has 0 unspecified atom stereocenters. The highest BCUT2D eigenvalue weighted by molar-refractivity contribution is 7.15. The summed E-state index contributed by atoms with van der Waals surface area (Å²) in [5.74, 6) is 0.141. The number of carbonyl (C=O) groups excluding carboxylic acids is 1. The predicted octanol–water partition coefficient (Wildman–Crippen LogP) is 4.09. The lowest BCUT2D eigenvalue weighted by Crippen LogP contribution is -2.18. The Bertz CT molecular complexity index is 980. The van der Waals surface area contributed by atoms with Gasteiger partial charge in [0.25, 0.3) is 0 Å². The first-order valence-electron chi connectivity index (χ1n) is 8.75. The number of carbonyl (C=O) groups is 1. The van der Waals surface area contributed by atoms with Gasteiger partial charge in [-0.3, -0.25) is 4.79 Å². The number of hydrogen-bond donors (Lipinski definition) is 2. The molecule has 0 spiro atoms. The van der Waals surface area contributed by atoms with Crippen LogP contribution in [-0.4, -0.2) is 25.8 Å². The zero-order chi connectivity index (χ0) is 19.0. The van der Waals surface area contributed by atoms with Gasteiger partial charge in [0.1, 0.15) is 0 Å². The van der Waals surface area contributed by atoms with Crippen molar-refractivity contribution in [3.05, 3.63) is 57.8 Å². The Kier molecular flexibility index (Phi) is 4.99. The Labute approximate surface area is 165 Å². The summed E-state index contributed by atoms with van der Waals surface area (Å²) in [6, 6.07) is 5.27. The molecule has 4 rings (SSSR count). The van der Waals surface area contributed by atoms with Crippen LogP contribution in [0.15, 0.2) is 36.8 Å². The van der Waals surface area contributed by atoms with Crippen LogP contribution in [0.25, 0.3) is 5.69 Å². The van der Waals surface area contributed by atoms with Crippen LogP contribution in [0, 0.1) is 0 Å². The maximum absolute atomic E-state index is 12.6. The van der Waals surface area contributed by atoms with Gasteiger partial charge in [0.15, 0.2) is 5.13 Å². The Balaban J connectivity index is 1.48. The normalized spacial score (nSPS) is 14.9. The minimum atomic E-state index is -0.372. The number of aliphatic hydroxyl groups excluding tert-OH is 1. The molecule has 27 heavy (non-hydrogen) atoms. The summed E-state index contributed by atoms with van der Waals surface area (Å²) in [5.41, 5.74) is 2.23. The van der Waals surface area contributed by atoms with Crippen LogP contribution >= 0.6 is 22.9 Å². The van der Waals surface area contributed by atoms with E-state index in [1.807, 2.05) is 19.2 Å². The molecule has 0 bridgehead atoms. The van der Waals surface area contributed by atoms with E-state index in [4.69, 9.17) is 11.6 Å². The van der Waals surface area contributed by atoms with Crippen LogP contribution in [0.3, 0.4) is 0 Å². The second kappa shape index (κ2) is 7.42. The average molecular weight is 403 g/mol. The molecule has 1 aliphatic carbocycles. The standard InChI is InChI=1S/C19H19ClN4O2S/c1-11(18(26)23-19-21-8-17(27-19)13-2-3-13)14-7-22-24(9-14)16-5-12(10-25)4-15(20)6-16/h4-9,11,13,25H,2-3,10H2,1H3,(H,21,23,26)/t11-/m0/s1. The molecule has 2 N–H and O–H groups in total. The average Bonchev–Trinajstić information content (AvgIpc) is 3.20. The first-order chi connectivity index (χ1) is 13.0. The molecule has 8 heteroatoms. The minimum Gasteiger partial charge on any atom is -0.392 e. The smallest absolute Gasteiger partial charge is 0.233 e. The molecule has 140 valence electrons. The van der Waals surface area contributed by atoms with Crippen LogP contribution in [0.4, 0.5) is 5.13 Å². The number of thiazole rings is 1. The van der Waals surface area contributed by atoms with Gasteiger partial charge in [-0.05, 0) is 49.4 Å². The maximum atomic E-state index is 12.6. The Morgan fingerprint density at radius 2 is 2.22 bits per heavy atom. The van der Waals surface area contributed by atoms with Gasteiger partial charge in [0.05, 0.1) is 24.4 Å². The number of halogens is 1. The molecule has 2 heterocycles. The quantitative estimate of drug-likeness (QED) is 0.650. The van der Waals surface area contributed by atoms with E-state index in [1.54, 1.807) is 40.5 Å². The van der Waals surface area contributed by atoms with E-state index >= 15 is 0 Å². The summed E-state index contributed by atoms with van der Waals surface area (Å²) < 4.78 is 1.65. The highest BCUT2D eigenvalue weighted by Gasteiger charge is 2.26. The van der Waals surface area contributed by atoms with Crippen molar-refractivity contribution in [3.8, 4) is 5.69 Å². The molecule has 6 nitrogen and oxygen atoms in total. The van der Waals surface area contributed by atoms with Gasteiger partial charge in [-0.1, -0.05) is 11.6 Å². The van der Waals surface area contributed by atoms with Crippen molar-refractivity contribution in [2.75, 3.05) is 5.32 Å². The molecule has 1 saturated carbocycles. The second-order valence-electron chi connectivity index (χ2n) is 6.75. The van der Waals surface area contributed by atoms with Gasteiger partial charge < -0.3 is 10.4 Å². The second-order valence-corrected chi connectivity index (χ2v) is 8.25. The number of nitrogens with one attached hydrogen (secondary N) is 1. The lowest BCUT2D eigenvalue weighted by Gasteiger charge is -2.08. The largest absolute Gasteiger partial charge is 0.392 e. The fourth-order valence-electron chi connectivity index (χ4n) is 2.82. The molecule has 0 saturated heterocycles. The highest BCUT2D eigenvalue weighted by atomic mass is 35.5. The molecule has 1 aliphatic rings. The van der Waals surface area contributed by atoms with E-state index in [9.17, 15) is 9.90 Å². The molecule has 1 amide bonds. The summed E-state index contributed by atoms with van der Waals surface area (Å²) in [5, 5.41) is 17.7. The zero-order valence-electron chi connectivity index (χ0n) is 14.7. The van der Waals surface area contributed by atoms with Crippen molar-refractivity contribution in [1.29, 1.82) is 0 Å². The van der Waals surface area contributed by atoms with Crippen molar-refractivity contribution in [1.82, 2.24) is 14.8 Å². The predicted molar refractivity (Wildman–Crippen MR) is 106 cm³/mol. The van der Waals surface area contributed by atoms with Crippen molar-refractivity contribution in [2.24, 2.45) is 0 Å². The molecule has 0 aliphatic heterocycles. The summed E-state index contributed by atoms with van der Waals surface area (Å²) in [6.45, 7) is 1.74. The minimum absolute atomic E-state index is 0.100. The van der Waals surface area contributed by atoms with Crippen LogP contribution < -0.4 is 5.32 Å². The van der Waals surface area contributed by atoms with Crippen LogP contribution in [0.5, 0.6) is 0 Å². The molecule has 1 atom stereocenters.